The van der Waals surface area contributed by atoms with E-state index < -0.39 is 0 Å². The minimum Gasteiger partial charge on any atom is -0.328 e. The van der Waals surface area contributed by atoms with Gasteiger partial charge in [-0.3, -0.25) is 0 Å². The van der Waals surface area contributed by atoms with Crippen LogP contribution in [0.15, 0.2) is 12.2 Å². The third kappa shape index (κ3) is 5.69. The lowest BCUT2D eigenvalue weighted by molar-refractivity contribution is 0.295. The highest BCUT2D eigenvalue weighted by molar-refractivity contribution is 5.08. The Kier molecular flexibility index (Phi) is 7.74. The van der Waals surface area contributed by atoms with Crippen molar-refractivity contribution in [2.24, 2.45) is 11.1 Å². The summed E-state index contributed by atoms with van der Waals surface area (Å²) in [6.07, 6.45) is 8.73. The normalized spacial score (nSPS) is 16.8. The first-order chi connectivity index (χ1) is 7.46. The van der Waals surface area contributed by atoms with Crippen molar-refractivity contribution >= 4 is 0 Å². The summed E-state index contributed by atoms with van der Waals surface area (Å²) in [5, 5.41) is 0. The van der Waals surface area contributed by atoms with Gasteiger partial charge in [-0.2, -0.15) is 0 Å². The Morgan fingerprint density at radius 2 is 1.88 bits per heavy atom. The predicted octanol–water partition coefficient (Wildman–Crippen LogP) is 4.67. The highest BCUT2D eigenvalue weighted by Crippen LogP contribution is 2.38. The number of unbranched alkanes of at least 4 members (excludes halogenated alkanes) is 3. The maximum absolute atomic E-state index is 5.96. The molecule has 0 aromatic rings. The van der Waals surface area contributed by atoms with Gasteiger partial charge in [-0.25, -0.2) is 0 Å². The minimum atomic E-state index is 0.261. The fourth-order valence-electron chi connectivity index (χ4n) is 2.50. The third-order valence-electron chi connectivity index (χ3n) is 3.63. The monoisotopic (exact) mass is 225 g/mol. The van der Waals surface area contributed by atoms with E-state index in [1.807, 2.05) is 0 Å². The molecule has 2 N–H and O–H groups in total. The molecule has 0 amide bonds. The van der Waals surface area contributed by atoms with E-state index in [9.17, 15) is 0 Å². The van der Waals surface area contributed by atoms with Gasteiger partial charge in [-0.05, 0) is 31.6 Å². The number of allylic oxidation sites excluding steroid dienone is 1. The highest BCUT2D eigenvalue weighted by atomic mass is 14.6. The van der Waals surface area contributed by atoms with Crippen molar-refractivity contribution in [3.63, 3.8) is 0 Å². The van der Waals surface area contributed by atoms with Crippen LogP contribution in [0.3, 0.4) is 0 Å². The summed E-state index contributed by atoms with van der Waals surface area (Å²) in [6, 6.07) is 0.277. The van der Waals surface area contributed by atoms with Crippen LogP contribution >= 0.6 is 0 Å². The summed E-state index contributed by atoms with van der Waals surface area (Å²) < 4.78 is 0. The predicted molar refractivity (Wildman–Crippen MR) is 74.6 cm³/mol. The molecule has 0 aliphatic carbocycles. The molecular weight excluding hydrogens is 194 g/mol. The lowest BCUT2D eigenvalue weighted by atomic mass is 9.73. The zero-order valence-corrected chi connectivity index (χ0v) is 11.8. The molecule has 0 aromatic heterocycles. The Hall–Kier alpha value is -0.300. The number of hydrogen-bond donors (Lipinski definition) is 1. The Balaban J connectivity index is 4.25. The number of hydrogen-bond acceptors (Lipinski definition) is 1. The van der Waals surface area contributed by atoms with E-state index in [0.717, 1.165) is 12.8 Å². The molecule has 0 aliphatic heterocycles. The van der Waals surface area contributed by atoms with Gasteiger partial charge < -0.3 is 5.73 Å². The van der Waals surface area contributed by atoms with Gasteiger partial charge in [0.05, 0.1) is 0 Å². The molecule has 0 radical (unpaired) electrons. The fourth-order valence-corrected chi connectivity index (χ4v) is 2.50. The number of rotatable bonds is 9. The van der Waals surface area contributed by atoms with Gasteiger partial charge in [0.25, 0.3) is 0 Å². The summed E-state index contributed by atoms with van der Waals surface area (Å²) in [5.41, 5.74) is 7.60. The highest BCUT2D eigenvalue weighted by Gasteiger charge is 2.27. The first kappa shape index (κ1) is 15.7. The first-order valence-corrected chi connectivity index (χ1v) is 6.90. The van der Waals surface area contributed by atoms with Crippen molar-refractivity contribution in [2.45, 2.75) is 78.7 Å². The molecule has 0 bridgehead atoms. The van der Waals surface area contributed by atoms with Crippen LogP contribution in [0, 0.1) is 5.41 Å². The molecule has 0 saturated heterocycles. The zero-order valence-electron chi connectivity index (χ0n) is 11.8. The molecular formula is C15H31N. The quantitative estimate of drug-likeness (QED) is 0.448. The van der Waals surface area contributed by atoms with Crippen molar-refractivity contribution in [1.29, 1.82) is 0 Å². The van der Waals surface area contributed by atoms with Crippen LogP contribution in [0.2, 0.25) is 0 Å². The van der Waals surface area contributed by atoms with E-state index >= 15 is 0 Å². The van der Waals surface area contributed by atoms with E-state index in [2.05, 4.69) is 34.3 Å². The van der Waals surface area contributed by atoms with Gasteiger partial charge in [0, 0.05) is 6.04 Å². The van der Waals surface area contributed by atoms with Crippen LogP contribution < -0.4 is 5.73 Å². The summed E-state index contributed by atoms with van der Waals surface area (Å²) in [5.74, 6) is 0. The average Bonchev–Trinajstić information content (AvgIpc) is 2.22. The fraction of sp³-hybridized carbons (Fsp3) is 0.867. The van der Waals surface area contributed by atoms with Crippen LogP contribution in [-0.4, -0.2) is 6.04 Å². The molecule has 1 heteroatoms. The van der Waals surface area contributed by atoms with Gasteiger partial charge in [-0.1, -0.05) is 58.6 Å². The molecule has 2 atom stereocenters. The second kappa shape index (κ2) is 7.89. The lowest BCUT2D eigenvalue weighted by Gasteiger charge is -2.33. The minimum absolute atomic E-state index is 0.261. The molecule has 2 unspecified atom stereocenters. The molecule has 0 fully saturated rings. The topological polar surface area (TPSA) is 26.0 Å². The Bertz CT molecular complexity index is 196. The molecule has 16 heavy (non-hydrogen) atoms. The smallest absolute Gasteiger partial charge is 0.00187 e. The summed E-state index contributed by atoms with van der Waals surface area (Å²) >= 11 is 0. The second-order valence-electron chi connectivity index (χ2n) is 5.51. The summed E-state index contributed by atoms with van der Waals surface area (Å²) in [7, 11) is 0. The summed E-state index contributed by atoms with van der Waals surface area (Å²) in [4.78, 5) is 0. The zero-order chi connectivity index (χ0) is 12.6. The van der Waals surface area contributed by atoms with E-state index in [1.165, 1.54) is 37.7 Å². The standard InChI is InChI=1S/C15H31N/c1-6-8-9-10-11-15(5,12-14(4)16)13(3)7-2/h14H,3,6-12,16H2,1-2,4-5H3. The van der Waals surface area contributed by atoms with Crippen molar-refractivity contribution in [1.82, 2.24) is 0 Å². The first-order valence-electron chi connectivity index (χ1n) is 6.90. The largest absolute Gasteiger partial charge is 0.328 e. The van der Waals surface area contributed by atoms with Crippen LogP contribution in [0.1, 0.15) is 72.6 Å². The second-order valence-corrected chi connectivity index (χ2v) is 5.51. The molecule has 0 aliphatic rings. The van der Waals surface area contributed by atoms with Gasteiger partial charge in [-0.15, -0.1) is 0 Å². The van der Waals surface area contributed by atoms with Crippen LogP contribution in [0.4, 0.5) is 0 Å². The van der Waals surface area contributed by atoms with E-state index in [-0.39, 0.29) is 11.5 Å². The molecule has 0 heterocycles. The van der Waals surface area contributed by atoms with Crippen molar-refractivity contribution < 1.29 is 0 Å². The molecule has 0 aromatic carbocycles. The van der Waals surface area contributed by atoms with Gasteiger partial charge >= 0.3 is 0 Å². The average molecular weight is 225 g/mol. The Morgan fingerprint density at radius 3 is 2.31 bits per heavy atom. The molecule has 96 valence electrons. The maximum Gasteiger partial charge on any atom is 0.00187 e. The van der Waals surface area contributed by atoms with Crippen molar-refractivity contribution in [3.05, 3.63) is 12.2 Å². The molecule has 0 spiro atoms. The molecule has 1 nitrogen and oxygen atoms in total. The van der Waals surface area contributed by atoms with Crippen LogP contribution in [0.25, 0.3) is 0 Å². The van der Waals surface area contributed by atoms with Crippen molar-refractivity contribution in [3.8, 4) is 0 Å². The Morgan fingerprint density at radius 1 is 1.25 bits per heavy atom. The van der Waals surface area contributed by atoms with Gasteiger partial charge in [0.1, 0.15) is 0 Å². The van der Waals surface area contributed by atoms with E-state index in [4.69, 9.17) is 5.73 Å². The third-order valence-corrected chi connectivity index (χ3v) is 3.63. The van der Waals surface area contributed by atoms with Crippen LogP contribution in [-0.2, 0) is 0 Å². The van der Waals surface area contributed by atoms with Crippen LogP contribution in [0.5, 0.6) is 0 Å². The molecule has 0 rings (SSSR count). The van der Waals surface area contributed by atoms with Gasteiger partial charge in [0.2, 0.25) is 0 Å². The number of nitrogens with two attached hydrogens (primary N) is 1. The Labute approximate surface area is 102 Å². The van der Waals surface area contributed by atoms with E-state index in [0.29, 0.717) is 0 Å². The SMILES string of the molecule is C=C(CC)C(C)(CCCCCC)CC(C)N. The van der Waals surface area contributed by atoms with Gasteiger partial charge in [0.15, 0.2) is 0 Å². The molecule has 0 saturated carbocycles. The van der Waals surface area contributed by atoms with E-state index in [1.54, 1.807) is 0 Å². The summed E-state index contributed by atoms with van der Waals surface area (Å²) in [6.45, 7) is 13.1. The lowest BCUT2D eigenvalue weighted by Crippen LogP contribution is -2.28. The van der Waals surface area contributed by atoms with Crippen molar-refractivity contribution in [2.75, 3.05) is 0 Å². The maximum atomic E-state index is 5.96.